The Hall–Kier alpha value is -2.42. The van der Waals surface area contributed by atoms with Gasteiger partial charge in [-0.1, -0.05) is 0 Å². The number of fused-ring (bicyclic) bond motifs is 1. The maximum absolute atomic E-state index is 4.30. The van der Waals surface area contributed by atoms with Crippen LogP contribution in [-0.4, -0.2) is 49.1 Å². The summed E-state index contributed by atoms with van der Waals surface area (Å²) in [7, 11) is 0. The summed E-state index contributed by atoms with van der Waals surface area (Å²) in [5.41, 5.74) is 0.898. The quantitative estimate of drug-likeness (QED) is 0.522. The van der Waals surface area contributed by atoms with Gasteiger partial charge < -0.3 is 10.6 Å². The van der Waals surface area contributed by atoms with Gasteiger partial charge in [-0.2, -0.15) is 14.6 Å². The third-order valence-electron chi connectivity index (χ3n) is 2.97. The standard InChI is InChI=1S/C13H16N8S/c1-9-7-11(21-13(18-9)16-8-17-21)15-6-5-14-10-3-4-12(22-2)20-19-10/h3-4,7-8,15H,5-6H2,1-2H3,(H,14,19). The topological polar surface area (TPSA) is 92.9 Å². The molecule has 0 bridgehead atoms. The first-order valence-electron chi connectivity index (χ1n) is 6.79. The predicted molar refractivity (Wildman–Crippen MR) is 86.3 cm³/mol. The summed E-state index contributed by atoms with van der Waals surface area (Å²) in [4.78, 5) is 8.40. The number of aromatic nitrogens is 6. The van der Waals surface area contributed by atoms with E-state index in [1.165, 1.54) is 6.33 Å². The van der Waals surface area contributed by atoms with Gasteiger partial charge in [-0.05, 0) is 25.3 Å². The summed E-state index contributed by atoms with van der Waals surface area (Å²) in [6.07, 6.45) is 3.47. The second-order valence-corrected chi connectivity index (χ2v) is 5.40. The highest BCUT2D eigenvalue weighted by Crippen LogP contribution is 2.11. The summed E-state index contributed by atoms with van der Waals surface area (Å²) >= 11 is 1.57. The number of aryl methyl sites for hydroxylation is 1. The maximum Gasteiger partial charge on any atom is 0.254 e. The van der Waals surface area contributed by atoms with Crippen LogP contribution in [0.15, 0.2) is 29.6 Å². The van der Waals surface area contributed by atoms with E-state index in [1.54, 1.807) is 16.3 Å². The first-order chi connectivity index (χ1) is 10.8. The molecule has 0 aromatic carbocycles. The molecule has 3 aromatic rings. The van der Waals surface area contributed by atoms with E-state index in [0.29, 0.717) is 18.9 Å². The van der Waals surface area contributed by atoms with E-state index >= 15 is 0 Å². The molecule has 2 N–H and O–H groups in total. The Bertz CT molecular complexity index is 754. The van der Waals surface area contributed by atoms with E-state index < -0.39 is 0 Å². The van der Waals surface area contributed by atoms with Crippen molar-refractivity contribution >= 4 is 29.2 Å². The van der Waals surface area contributed by atoms with Gasteiger partial charge in [0.05, 0.1) is 0 Å². The van der Waals surface area contributed by atoms with E-state index in [1.807, 2.05) is 31.4 Å². The highest BCUT2D eigenvalue weighted by molar-refractivity contribution is 7.98. The molecule has 0 aliphatic heterocycles. The summed E-state index contributed by atoms with van der Waals surface area (Å²) in [5, 5.41) is 19.8. The molecule has 0 aliphatic rings. The summed E-state index contributed by atoms with van der Waals surface area (Å²) in [5.74, 6) is 2.22. The lowest BCUT2D eigenvalue weighted by Crippen LogP contribution is -2.16. The number of hydrogen-bond acceptors (Lipinski definition) is 8. The molecule has 0 amide bonds. The van der Waals surface area contributed by atoms with Crippen molar-refractivity contribution in [1.29, 1.82) is 0 Å². The molecule has 0 unspecified atom stereocenters. The zero-order valence-corrected chi connectivity index (χ0v) is 13.1. The van der Waals surface area contributed by atoms with Gasteiger partial charge in [-0.25, -0.2) is 4.98 Å². The zero-order valence-electron chi connectivity index (χ0n) is 12.3. The highest BCUT2D eigenvalue weighted by Gasteiger charge is 2.04. The van der Waals surface area contributed by atoms with Gasteiger partial charge in [-0.15, -0.1) is 22.0 Å². The molecular formula is C13H16N8S. The smallest absolute Gasteiger partial charge is 0.254 e. The Morgan fingerprint density at radius 3 is 2.82 bits per heavy atom. The van der Waals surface area contributed by atoms with Crippen LogP contribution in [0.5, 0.6) is 0 Å². The van der Waals surface area contributed by atoms with Crippen LogP contribution >= 0.6 is 11.8 Å². The van der Waals surface area contributed by atoms with Gasteiger partial charge in [0, 0.05) is 24.8 Å². The third kappa shape index (κ3) is 3.25. The van der Waals surface area contributed by atoms with Gasteiger partial charge >= 0.3 is 0 Å². The molecule has 3 aromatic heterocycles. The predicted octanol–water partition coefficient (Wildman–Crippen LogP) is 1.47. The van der Waals surface area contributed by atoms with Crippen molar-refractivity contribution in [2.75, 3.05) is 30.0 Å². The number of hydrogen-bond donors (Lipinski definition) is 2. The fourth-order valence-corrected chi connectivity index (χ4v) is 2.29. The van der Waals surface area contributed by atoms with Crippen LogP contribution in [0, 0.1) is 6.92 Å². The molecule has 9 heteroatoms. The van der Waals surface area contributed by atoms with E-state index in [-0.39, 0.29) is 0 Å². The fraction of sp³-hybridized carbons (Fsp3) is 0.308. The summed E-state index contributed by atoms with van der Waals surface area (Å²) in [6, 6.07) is 5.80. The maximum atomic E-state index is 4.30. The minimum absolute atomic E-state index is 0.592. The van der Waals surface area contributed by atoms with E-state index in [4.69, 9.17) is 0 Å². The lowest BCUT2D eigenvalue weighted by molar-refractivity contribution is 0.902. The first kappa shape index (κ1) is 14.5. The van der Waals surface area contributed by atoms with Gasteiger partial charge in [0.2, 0.25) is 0 Å². The third-order valence-corrected chi connectivity index (χ3v) is 3.60. The van der Waals surface area contributed by atoms with Crippen molar-refractivity contribution in [3.63, 3.8) is 0 Å². The molecular weight excluding hydrogens is 300 g/mol. The van der Waals surface area contributed by atoms with Crippen LogP contribution in [0.1, 0.15) is 5.69 Å². The Morgan fingerprint density at radius 1 is 1.18 bits per heavy atom. The van der Waals surface area contributed by atoms with Crippen molar-refractivity contribution in [3.8, 4) is 0 Å². The molecule has 3 rings (SSSR count). The lowest BCUT2D eigenvalue weighted by atomic mass is 10.4. The lowest BCUT2D eigenvalue weighted by Gasteiger charge is -2.09. The largest absolute Gasteiger partial charge is 0.368 e. The molecule has 0 spiro atoms. The molecule has 0 atom stereocenters. The van der Waals surface area contributed by atoms with E-state index in [0.717, 1.165) is 22.4 Å². The Morgan fingerprint density at radius 2 is 2.05 bits per heavy atom. The molecule has 0 saturated carbocycles. The molecule has 114 valence electrons. The second-order valence-electron chi connectivity index (χ2n) is 4.57. The average Bonchev–Trinajstić information content (AvgIpc) is 3.00. The molecule has 0 aliphatic carbocycles. The number of thioether (sulfide) groups is 1. The molecule has 0 radical (unpaired) electrons. The Labute approximate surface area is 131 Å². The monoisotopic (exact) mass is 316 g/mol. The van der Waals surface area contributed by atoms with Crippen molar-refractivity contribution < 1.29 is 0 Å². The van der Waals surface area contributed by atoms with Gasteiger partial charge in [0.15, 0.2) is 0 Å². The van der Waals surface area contributed by atoms with E-state index in [2.05, 4.69) is 35.9 Å². The number of nitrogens with zero attached hydrogens (tertiary/aromatic N) is 6. The van der Waals surface area contributed by atoms with Crippen LogP contribution in [0.2, 0.25) is 0 Å². The molecule has 22 heavy (non-hydrogen) atoms. The minimum atomic E-state index is 0.592. The second kappa shape index (κ2) is 6.56. The Balaban J connectivity index is 1.56. The van der Waals surface area contributed by atoms with Crippen molar-refractivity contribution in [2.24, 2.45) is 0 Å². The number of anilines is 2. The van der Waals surface area contributed by atoms with Crippen molar-refractivity contribution in [1.82, 2.24) is 29.8 Å². The van der Waals surface area contributed by atoms with Gasteiger partial charge in [-0.3, -0.25) is 0 Å². The minimum Gasteiger partial charge on any atom is -0.368 e. The summed E-state index contributed by atoms with van der Waals surface area (Å²) < 4.78 is 1.68. The Kier molecular flexibility index (Phi) is 4.33. The fourth-order valence-electron chi connectivity index (χ4n) is 1.96. The van der Waals surface area contributed by atoms with Crippen LogP contribution in [0.3, 0.4) is 0 Å². The molecule has 3 heterocycles. The number of rotatable bonds is 6. The molecule has 0 saturated heterocycles. The van der Waals surface area contributed by atoms with Gasteiger partial charge in [0.25, 0.3) is 5.78 Å². The van der Waals surface area contributed by atoms with Crippen LogP contribution in [-0.2, 0) is 0 Å². The van der Waals surface area contributed by atoms with Gasteiger partial charge in [0.1, 0.15) is 23.0 Å². The van der Waals surface area contributed by atoms with Crippen LogP contribution in [0.25, 0.3) is 5.78 Å². The SMILES string of the molecule is CSc1ccc(NCCNc2cc(C)nc3ncnn23)nn1. The zero-order chi connectivity index (χ0) is 15.4. The van der Waals surface area contributed by atoms with E-state index in [9.17, 15) is 0 Å². The number of nitrogens with one attached hydrogen (secondary N) is 2. The van der Waals surface area contributed by atoms with Crippen molar-refractivity contribution in [3.05, 3.63) is 30.2 Å². The first-order valence-corrected chi connectivity index (χ1v) is 8.01. The average molecular weight is 316 g/mol. The van der Waals surface area contributed by atoms with Crippen molar-refractivity contribution in [2.45, 2.75) is 11.9 Å². The molecule has 0 fully saturated rings. The van der Waals surface area contributed by atoms with Crippen LogP contribution < -0.4 is 10.6 Å². The highest BCUT2D eigenvalue weighted by atomic mass is 32.2. The normalized spacial score (nSPS) is 10.8. The molecule has 8 nitrogen and oxygen atoms in total. The summed E-state index contributed by atoms with van der Waals surface area (Å²) in [6.45, 7) is 3.36. The van der Waals surface area contributed by atoms with Crippen LogP contribution in [0.4, 0.5) is 11.6 Å².